The number of nitrogens with one attached hydrogen (secondary N) is 1. The predicted octanol–water partition coefficient (Wildman–Crippen LogP) is 5.61. The van der Waals surface area contributed by atoms with Gasteiger partial charge in [-0.1, -0.05) is 84.9 Å². The minimum atomic E-state index is -2.83. The molecule has 0 aliphatic rings. The van der Waals surface area contributed by atoms with Gasteiger partial charge in [-0.15, -0.1) is 11.8 Å². The first-order chi connectivity index (χ1) is 18.6. The Morgan fingerprint density at radius 2 is 1.13 bits per heavy atom. The van der Waals surface area contributed by atoms with E-state index in [2.05, 4.69) is 5.32 Å². The van der Waals surface area contributed by atoms with Gasteiger partial charge in [0.2, 0.25) is 5.31 Å². The van der Waals surface area contributed by atoms with Gasteiger partial charge in [-0.05, 0) is 48.2 Å². The summed E-state index contributed by atoms with van der Waals surface area (Å²) in [6, 6.07) is 39.3. The molecule has 1 N–H and O–H groups in total. The fourth-order valence-electron chi connectivity index (χ4n) is 4.33. The highest BCUT2D eigenvalue weighted by Gasteiger charge is 2.55. The van der Waals surface area contributed by atoms with Gasteiger partial charge in [0.05, 0.1) is 7.11 Å². The standard InChI is InChI=1S/C31H28NO4PS/c1-35-30(33)28(29(38-2)32-31(34)36-23-24-15-7-3-8-16-24)37(25-17-9-4-10-18-25,26-19-11-5-12-20-26)27-21-13-6-14-22-27/h3-22H,23H2,1-2H3/p+1. The van der Waals surface area contributed by atoms with E-state index < -0.39 is 19.3 Å². The van der Waals surface area contributed by atoms with E-state index in [9.17, 15) is 9.59 Å². The molecule has 0 bridgehead atoms. The third-order valence-electron chi connectivity index (χ3n) is 5.99. The zero-order valence-corrected chi connectivity index (χ0v) is 23.0. The van der Waals surface area contributed by atoms with Crippen LogP contribution in [-0.2, 0) is 20.9 Å². The van der Waals surface area contributed by atoms with E-state index in [4.69, 9.17) is 9.47 Å². The molecule has 0 spiro atoms. The number of hydrogen-bond donors (Lipinski definition) is 1. The Labute approximate surface area is 228 Å². The summed E-state index contributed by atoms with van der Waals surface area (Å²) in [5, 5.41) is 6.55. The summed E-state index contributed by atoms with van der Waals surface area (Å²) in [7, 11) is -1.46. The first-order valence-electron chi connectivity index (χ1n) is 12.0. The van der Waals surface area contributed by atoms with Crippen molar-refractivity contribution in [3.8, 4) is 0 Å². The molecule has 192 valence electrons. The molecule has 38 heavy (non-hydrogen) atoms. The Kier molecular flexibility index (Phi) is 9.36. The fraction of sp³-hybridized carbons (Fsp3) is 0.0968. The van der Waals surface area contributed by atoms with Crippen molar-refractivity contribution in [1.82, 2.24) is 5.32 Å². The van der Waals surface area contributed by atoms with Crippen LogP contribution in [0.15, 0.2) is 132 Å². The van der Waals surface area contributed by atoms with E-state index in [0.717, 1.165) is 21.5 Å². The second-order valence-electron chi connectivity index (χ2n) is 8.24. The second kappa shape index (κ2) is 13.1. The van der Waals surface area contributed by atoms with Gasteiger partial charge >= 0.3 is 12.1 Å². The van der Waals surface area contributed by atoms with Crippen LogP contribution in [0, 0.1) is 0 Å². The molecule has 0 saturated carbocycles. The van der Waals surface area contributed by atoms with Gasteiger partial charge < -0.3 is 9.47 Å². The Morgan fingerprint density at radius 1 is 0.711 bits per heavy atom. The van der Waals surface area contributed by atoms with Crippen LogP contribution in [0.4, 0.5) is 4.79 Å². The van der Waals surface area contributed by atoms with Gasteiger partial charge in [0, 0.05) is 0 Å². The van der Waals surface area contributed by atoms with Crippen molar-refractivity contribution in [3.05, 3.63) is 137 Å². The van der Waals surface area contributed by atoms with Crippen LogP contribution in [0.2, 0.25) is 0 Å². The number of benzene rings is 4. The largest absolute Gasteiger partial charge is 0.463 e. The van der Waals surface area contributed by atoms with Gasteiger partial charge in [-0.25, -0.2) is 9.59 Å². The number of hydrogen-bond acceptors (Lipinski definition) is 5. The van der Waals surface area contributed by atoms with Gasteiger partial charge in [0.15, 0.2) is 7.26 Å². The summed E-state index contributed by atoms with van der Waals surface area (Å²) < 4.78 is 10.9. The summed E-state index contributed by atoms with van der Waals surface area (Å²) in [6.07, 6.45) is 1.18. The maximum Gasteiger partial charge on any atom is 0.412 e. The monoisotopic (exact) mass is 542 g/mol. The summed E-state index contributed by atoms with van der Waals surface area (Å²) in [5.74, 6) is -0.511. The van der Waals surface area contributed by atoms with E-state index in [1.807, 2.05) is 128 Å². The minimum Gasteiger partial charge on any atom is -0.463 e. The summed E-state index contributed by atoms with van der Waals surface area (Å²) in [5.41, 5.74) is 0.866. The van der Waals surface area contributed by atoms with Crippen LogP contribution >= 0.6 is 19.0 Å². The van der Waals surface area contributed by atoms with Crippen LogP contribution in [0.3, 0.4) is 0 Å². The van der Waals surface area contributed by atoms with E-state index in [0.29, 0.717) is 10.3 Å². The molecule has 7 heteroatoms. The molecule has 0 aliphatic carbocycles. The van der Waals surface area contributed by atoms with E-state index >= 15 is 0 Å². The highest BCUT2D eigenvalue weighted by Crippen LogP contribution is 2.64. The van der Waals surface area contributed by atoms with Crippen molar-refractivity contribution in [1.29, 1.82) is 0 Å². The van der Waals surface area contributed by atoms with Crippen LogP contribution < -0.4 is 21.2 Å². The van der Waals surface area contributed by atoms with Crippen molar-refractivity contribution in [2.24, 2.45) is 0 Å². The number of esters is 1. The van der Waals surface area contributed by atoms with Crippen LogP contribution in [0.1, 0.15) is 5.56 Å². The molecule has 4 aromatic carbocycles. The first kappa shape index (κ1) is 27.2. The van der Waals surface area contributed by atoms with Crippen LogP contribution in [0.25, 0.3) is 0 Å². The quantitative estimate of drug-likeness (QED) is 0.169. The third kappa shape index (κ3) is 5.83. The maximum atomic E-state index is 13.8. The predicted molar refractivity (Wildman–Crippen MR) is 157 cm³/mol. The van der Waals surface area contributed by atoms with E-state index in [1.165, 1.54) is 18.9 Å². The van der Waals surface area contributed by atoms with E-state index in [-0.39, 0.29) is 6.61 Å². The molecule has 0 radical (unpaired) electrons. The molecule has 0 fully saturated rings. The van der Waals surface area contributed by atoms with E-state index in [1.54, 1.807) is 0 Å². The number of rotatable bonds is 9. The lowest BCUT2D eigenvalue weighted by Gasteiger charge is -2.29. The molecule has 0 heterocycles. The molecular weight excluding hydrogens is 513 g/mol. The number of thioether (sulfide) groups is 1. The molecule has 0 aromatic heterocycles. The topological polar surface area (TPSA) is 64.6 Å². The van der Waals surface area contributed by atoms with Crippen LogP contribution in [-0.4, -0.2) is 25.4 Å². The molecule has 4 aromatic rings. The van der Waals surface area contributed by atoms with Crippen LogP contribution in [0.5, 0.6) is 0 Å². The lowest BCUT2D eigenvalue weighted by atomic mass is 10.2. The average molecular weight is 543 g/mol. The molecular formula is C31H29NO4PS+. The summed E-state index contributed by atoms with van der Waals surface area (Å²) in [6.45, 7) is 0.109. The molecule has 5 nitrogen and oxygen atoms in total. The number of amides is 1. The SMILES string of the molecule is COC(=O)/C(=C(/NC(=O)OCc1ccccc1)SC)[P+](c1ccccc1)(c1ccccc1)c1ccccc1. The van der Waals surface area contributed by atoms with Gasteiger partial charge in [0.1, 0.15) is 27.5 Å². The normalized spacial score (nSPS) is 11.7. The van der Waals surface area contributed by atoms with Crippen molar-refractivity contribution in [2.45, 2.75) is 6.61 Å². The highest BCUT2D eigenvalue weighted by molar-refractivity contribution is 8.05. The Balaban J connectivity index is 1.94. The molecule has 0 unspecified atom stereocenters. The number of methoxy groups -OCH3 is 1. The van der Waals surface area contributed by atoms with Gasteiger partial charge in [-0.3, -0.25) is 5.32 Å². The maximum absolute atomic E-state index is 13.8. The molecule has 0 atom stereocenters. The number of carbonyl (C=O) groups excluding carboxylic acids is 2. The number of ether oxygens (including phenoxy) is 2. The number of carbonyl (C=O) groups is 2. The van der Waals surface area contributed by atoms with Gasteiger partial charge in [0.25, 0.3) is 0 Å². The molecule has 0 aliphatic heterocycles. The lowest BCUT2D eigenvalue weighted by Crippen LogP contribution is -2.37. The second-order valence-corrected chi connectivity index (χ2v) is 12.4. The number of alkyl carbamates (subject to hydrolysis) is 1. The Morgan fingerprint density at radius 3 is 1.53 bits per heavy atom. The Bertz CT molecular complexity index is 1280. The molecule has 4 rings (SSSR count). The fourth-order valence-corrected chi connectivity index (χ4v) is 9.73. The first-order valence-corrected chi connectivity index (χ1v) is 15.0. The highest BCUT2D eigenvalue weighted by atomic mass is 32.2. The summed E-state index contributed by atoms with van der Waals surface area (Å²) in [4.78, 5) is 26.8. The van der Waals surface area contributed by atoms with Crippen molar-refractivity contribution in [3.63, 3.8) is 0 Å². The third-order valence-corrected chi connectivity index (χ3v) is 11.2. The molecule has 0 saturated heterocycles. The lowest BCUT2D eigenvalue weighted by molar-refractivity contribution is -0.135. The average Bonchev–Trinajstić information content (AvgIpc) is 2.99. The molecule has 1 amide bonds. The Hall–Kier alpha value is -3.86. The smallest absolute Gasteiger partial charge is 0.412 e. The van der Waals surface area contributed by atoms with Crippen molar-refractivity contribution in [2.75, 3.05) is 13.4 Å². The minimum absolute atomic E-state index is 0.109. The van der Waals surface area contributed by atoms with Crippen molar-refractivity contribution >= 4 is 47.0 Å². The zero-order valence-electron chi connectivity index (χ0n) is 21.2. The van der Waals surface area contributed by atoms with Crippen molar-refractivity contribution < 1.29 is 19.1 Å². The zero-order chi connectivity index (χ0) is 26.8. The van der Waals surface area contributed by atoms with Gasteiger partial charge in [-0.2, -0.15) is 0 Å². The summed E-state index contributed by atoms with van der Waals surface area (Å²) >= 11 is 1.28.